The molecule has 0 aliphatic carbocycles. The van der Waals surface area contributed by atoms with E-state index in [9.17, 15) is 9.59 Å². The smallest absolute Gasteiger partial charge is 0.328 e. The van der Waals surface area contributed by atoms with Crippen molar-refractivity contribution in [3.05, 3.63) is 0 Å². The molecular formula is C12H22N2O3. The molecule has 1 N–H and O–H groups in total. The van der Waals surface area contributed by atoms with Gasteiger partial charge in [0.05, 0.1) is 0 Å². The fourth-order valence-corrected chi connectivity index (χ4v) is 1.65. The average molecular weight is 242 g/mol. The number of nitrogens with one attached hydrogen (secondary N) is 1. The zero-order valence-corrected chi connectivity index (χ0v) is 11.1. The van der Waals surface area contributed by atoms with Crippen molar-refractivity contribution in [1.82, 2.24) is 10.2 Å². The first-order valence-corrected chi connectivity index (χ1v) is 6.08. The number of urea groups is 1. The molecule has 0 radical (unpaired) electrons. The molecule has 0 unspecified atom stereocenters. The van der Waals surface area contributed by atoms with Crippen molar-refractivity contribution < 1.29 is 14.3 Å². The maximum atomic E-state index is 11.7. The monoisotopic (exact) mass is 242 g/mol. The van der Waals surface area contributed by atoms with Gasteiger partial charge in [0.25, 0.3) is 0 Å². The topological polar surface area (TPSA) is 58.6 Å². The lowest BCUT2D eigenvalue weighted by Gasteiger charge is -2.24. The Kier molecular flexibility index (Phi) is 4.37. The van der Waals surface area contributed by atoms with Crippen LogP contribution in [0.3, 0.4) is 0 Å². The number of amides is 2. The van der Waals surface area contributed by atoms with Gasteiger partial charge in [-0.3, -0.25) is 0 Å². The van der Waals surface area contributed by atoms with Crippen molar-refractivity contribution in [1.29, 1.82) is 0 Å². The summed E-state index contributed by atoms with van der Waals surface area (Å²) >= 11 is 0. The Morgan fingerprint density at radius 3 is 2.24 bits per heavy atom. The van der Waals surface area contributed by atoms with Gasteiger partial charge in [-0.1, -0.05) is 0 Å². The third-order valence-electron chi connectivity index (χ3n) is 2.49. The molecule has 17 heavy (non-hydrogen) atoms. The number of hydrogen-bond donors (Lipinski definition) is 1. The summed E-state index contributed by atoms with van der Waals surface area (Å²) in [6.07, 6.45) is 2.07. The van der Waals surface area contributed by atoms with Gasteiger partial charge in [-0.05, 0) is 40.5 Å². The van der Waals surface area contributed by atoms with Crippen molar-refractivity contribution in [2.24, 2.45) is 0 Å². The van der Waals surface area contributed by atoms with Crippen LogP contribution in [0, 0.1) is 0 Å². The summed E-state index contributed by atoms with van der Waals surface area (Å²) in [4.78, 5) is 25.1. The summed E-state index contributed by atoms with van der Waals surface area (Å²) in [6, 6.07) is -0.789. The zero-order valence-electron chi connectivity index (χ0n) is 11.1. The van der Waals surface area contributed by atoms with Gasteiger partial charge in [0.1, 0.15) is 11.6 Å². The molecule has 1 saturated heterocycles. The van der Waals surface area contributed by atoms with Crippen molar-refractivity contribution in [3.63, 3.8) is 0 Å². The number of carbonyl (C=O) groups excluding carboxylic acids is 2. The lowest BCUT2D eigenvalue weighted by molar-refractivity contribution is -0.156. The second-order valence-corrected chi connectivity index (χ2v) is 5.40. The predicted molar refractivity (Wildman–Crippen MR) is 64.6 cm³/mol. The average Bonchev–Trinajstić information content (AvgIpc) is 2.67. The molecule has 0 aromatic carbocycles. The van der Waals surface area contributed by atoms with Crippen LogP contribution in [0.1, 0.15) is 40.5 Å². The predicted octanol–water partition coefficient (Wildman–Crippen LogP) is 1.52. The Hall–Kier alpha value is -1.26. The van der Waals surface area contributed by atoms with Crippen molar-refractivity contribution in [2.75, 3.05) is 13.1 Å². The summed E-state index contributed by atoms with van der Waals surface area (Å²) in [5.74, 6) is -0.398. The highest BCUT2D eigenvalue weighted by atomic mass is 16.6. The summed E-state index contributed by atoms with van der Waals surface area (Å²) < 4.78 is 5.19. The molecule has 1 atom stereocenters. The minimum atomic E-state index is -0.609. The van der Waals surface area contributed by atoms with Gasteiger partial charge in [-0.2, -0.15) is 0 Å². The lowest BCUT2D eigenvalue weighted by atomic mass is 10.2. The highest BCUT2D eigenvalue weighted by Gasteiger charge is 2.25. The highest BCUT2D eigenvalue weighted by Crippen LogP contribution is 2.10. The molecule has 0 spiro atoms. The Labute approximate surface area is 102 Å². The zero-order chi connectivity index (χ0) is 13.1. The van der Waals surface area contributed by atoms with E-state index >= 15 is 0 Å². The molecule has 0 bridgehead atoms. The molecule has 1 aliphatic heterocycles. The van der Waals surface area contributed by atoms with E-state index in [-0.39, 0.29) is 6.03 Å². The summed E-state index contributed by atoms with van der Waals surface area (Å²) in [5, 5.41) is 2.66. The third-order valence-corrected chi connectivity index (χ3v) is 2.49. The van der Waals surface area contributed by atoms with E-state index in [1.54, 1.807) is 32.6 Å². The quantitative estimate of drug-likeness (QED) is 0.747. The van der Waals surface area contributed by atoms with Gasteiger partial charge in [0, 0.05) is 13.1 Å². The number of ether oxygens (including phenoxy) is 1. The van der Waals surface area contributed by atoms with Gasteiger partial charge in [0.2, 0.25) is 0 Å². The van der Waals surface area contributed by atoms with Gasteiger partial charge in [-0.25, -0.2) is 9.59 Å². The van der Waals surface area contributed by atoms with Crippen LogP contribution >= 0.6 is 0 Å². The lowest BCUT2D eigenvalue weighted by Crippen LogP contribution is -2.47. The van der Waals surface area contributed by atoms with Crippen LogP contribution in [0.2, 0.25) is 0 Å². The number of carbonyl (C=O) groups is 2. The molecule has 1 heterocycles. The van der Waals surface area contributed by atoms with Gasteiger partial charge in [0.15, 0.2) is 0 Å². The number of likely N-dealkylation sites (tertiary alicyclic amines) is 1. The number of esters is 1. The van der Waals surface area contributed by atoms with E-state index in [1.165, 1.54) is 0 Å². The molecule has 1 aliphatic rings. The Bertz CT molecular complexity index is 291. The first-order valence-electron chi connectivity index (χ1n) is 6.08. The van der Waals surface area contributed by atoms with Gasteiger partial charge >= 0.3 is 12.0 Å². The second kappa shape index (κ2) is 5.38. The standard InChI is InChI=1S/C12H22N2O3/c1-9(10(15)17-12(2,3)4)13-11(16)14-7-5-6-8-14/h9H,5-8H2,1-4H3,(H,13,16)/t9-/m0/s1. The van der Waals surface area contributed by atoms with Crippen molar-refractivity contribution >= 4 is 12.0 Å². The molecule has 1 fully saturated rings. The van der Waals surface area contributed by atoms with Crippen LogP contribution in [0.25, 0.3) is 0 Å². The molecule has 5 heteroatoms. The van der Waals surface area contributed by atoms with E-state index in [1.807, 2.05) is 0 Å². The maximum absolute atomic E-state index is 11.7. The molecule has 98 valence electrons. The minimum absolute atomic E-state index is 0.180. The molecule has 2 amide bonds. The van der Waals surface area contributed by atoms with Crippen LogP contribution in [0.15, 0.2) is 0 Å². The number of rotatable bonds is 2. The van der Waals surface area contributed by atoms with Crippen LogP contribution in [0.4, 0.5) is 4.79 Å². The van der Waals surface area contributed by atoms with Crippen molar-refractivity contribution in [3.8, 4) is 0 Å². The minimum Gasteiger partial charge on any atom is -0.458 e. The van der Waals surface area contributed by atoms with E-state index in [0.29, 0.717) is 0 Å². The van der Waals surface area contributed by atoms with Gasteiger partial charge < -0.3 is 15.0 Å². The molecule has 0 aromatic rings. The first-order chi connectivity index (χ1) is 7.79. The molecule has 1 rings (SSSR count). The Morgan fingerprint density at radius 1 is 1.24 bits per heavy atom. The van der Waals surface area contributed by atoms with Gasteiger partial charge in [-0.15, -0.1) is 0 Å². The normalized spacial score (nSPS) is 17.8. The Morgan fingerprint density at radius 2 is 1.76 bits per heavy atom. The fraction of sp³-hybridized carbons (Fsp3) is 0.833. The summed E-state index contributed by atoms with van der Waals surface area (Å²) in [7, 11) is 0. The highest BCUT2D eigenvalue weighted by molar-refractivity contribution is 5.83. The first kappa shape index (κ1) is 13.8. The molecule has 0 saturated carbocycles. The van der Waals surface area contributed by atoms with Crippen molar-refractivity contribution in [2.45, 2.75) is 52.2 Å². The van der Waals surface area contributed by atoms with E-state index in [4.69, 9.17) is 4.74 Å². The van der Waals surface area contributed by atoms with Crippen LogP contribution in [-0.2, 0) is 9.53 Å². The van der Waals surface area contributed by atoms with Crippen LogP contribution in [-0.4, -0.2) is 41.6 Å². The van der Waals surface area contributed by atoms with Crippen LogP contribution in [0.5, 0.6) is 0 Å². The van der Waals surface area contributed by atoms with E-state index < -0.39 is 17.6 Å². The largest absolute Gasteiger partial charge is 0.458 e. The molecular weight excluding hydrogens is 220 g/mol. The summed E-state index contributed by atoms with van der Waals surface area (Å²) in [5.41, 5.74) is -0.524. The Balaban J connectivity index is 2.40. The van der Waals surface area contributed by atoms with E-state index in [2.05, 4.69) is 5.32 Å². The second-order valence-electron chi connectivity index (χ2n) is 5.40. The van der Waals surface area contributed by atoms with E-state index in [0.717, 1.165) is 25.9 Å². The molecule has 0 aromatic heterocycles. The van der Waals surface area contributed by atoms with Crippen LogP contribution < -0.4 is 5.32 Å². The number of nitrogens with zero attached hydrogens (tertiary/aromatic N) is 1. The maximum Gasteiger partial charge on any atom is 0.328 e. The SMILES string of the molecule is C[C@H](NC(=O)N1CCCC1)C(=O)OC(C)(C)C. The fourth-order valence-electron chi connectivity index (χ4n) is 1.65. The molecule has 5 nitrogen and oxygen atoms in total. The number of hydrogen-bond acceptors (Lipinski definition) is 3. The third kappa shape index (κ3) is 4.63. The summed E-state index contributed by atoms with van der Waals surface area (Å²) in [6.45, 7) is 8.60.